The van der Waals surface area contributed by atoms with E-state index >= 15 is 0 Å². The molecule has 4 aliphatic rings. The predicted molar refractivity (Wildman–Crippen MR) is 65.6 cm³/mol. The molecule has 0 aliphatic heterocycles. The topological polar surface area (TPSA) is 37.3 Å². The van der Waals surface area contributed by atoms with Crippen molar-refractivity contribution in [3.8, 4) is 0 Å². The van der Waals surface area contributed by atoms with Gasteiger partial charge in [0.1, 0.15) is 0 Å². The molecule has 0 amide bonds. The Bertz CT molecular complexity index is 278. The van der Waals surface area contributed by atoms with Crippen LogP contribution in [0, 0.1) is 23.2 Å². The van der Waals surface area contributed by atoms with E-state index < -0.39 is 11.2 Å². The highest BCUT2D eigenvalue weighted by Crippen LogP contribution is 2.61. The number of thiol groups is 1. The molecule has 2 nitrogen and oxygen atoms in total. The average Bonchev–Trinajstić information content (AvgIpc) is 2.13. The first-order chi connectivity index (χ1) is 7.56. The molecular formula is C13H20O2S. The third-order valence-corrected chi connectivity index (χ3v) is 5.48. The van der Waals surface area contributed by atoms with Crippen molar-refractivity contribution < 1.29 is 9.90 Å². The van der Waals surface area contributed by atoms with Crippen LogP contribution < -0.4 is 0 Å². The average molecular weight is 240 g/mol. The van der Waals surface area contributed by atoms with E-state index in [1.54, 1.807) is 0 Å². The fourth-order valence-electron chi connectivity index (χ4n) is 5.04. The molecular weight excluding hydrogens is 220 g/mol. The summed E-state index contributed by atoms with van der Waals surface area (Å²) in [6.07, 6.45) is 8.90. The maximum atomic E-state index is 10.9. The van der Waals surface area contributed by atoms with Gasteiger partial charge in [-0.15, -0.1) is 0 Å². The molecule has 4 saturated carbocycles. The minimum absolute atomic E-state index is 0.347. The van der Waals surface area contributed by atoms with Crippen molar-refractivity contribution in [2.45, 2.75) is 50.2 Å². The molecule has 90 valence electrons. The fraction of sp³-hybridized carbons (Fsp3) is 0.923. The van der Waals surface area contributed by atoms with Gasteiger partial charge in [-0.1, -0.05) is 0 Å². The first kappa shape index (κ1) is 10.9. The van der Waals surface area contributed by atoms with Gasteiger partial charge in [-0.05, 0) is 68.1 Å². The van der Waals surface area contributed by atoms with Gasteiger partial charge in [0.15, 0.2) is 0 Å². The summed E-state index contributed by atoms with van der Waals surface area (Å²) in [6, 6.07) is 0. The number of carbonyl (C=O) groups is 1. The maximum absolute atomic E-state index is 10.9. The molecule has 0 aromatic carbocycles. The lowest BCUT2D eigenvalue weighted by Gasteiger charge is -2.57. The summed E-state index contributed by atoms with van der Waals surface area (Å²) < 4.78 is 0. The fourth-order valence-corrected chi connectivity index (χ4v) is 5.42. The minimum atomic E-state index is -0.737. The number of aliphatic carboxylic acids is 1. The molecule has 1 atom stereocenters. The summed E-state index contributed by atoms with van der Waals surface area (Å²) in [5.74, 6) is 1.97. The summed E-state index contributed by atoms with van der Waals surface area (Å²) in [5, 5.41) is 8.56. The quantitative estimate of drug-likeness (QED) is 0.744. The van der Waals surface area contributed by atoms with Gasteiger partial charge in [-0.2, -0.15) is 12.6 Å². The van der Waals surface area contributed by atoms with Crippen LogP contribution in [-0.4, -0.2) is 16.3 Å². The Kier molecular flexibility index (Phi) is 2.50. The van der Waals surface area contributed by atoms with Crippen molar-refractivity contribution in [3.05, 3.63) is 0 Å². The lowest BCUT2D eigenvalue weighted by molar-refractivity contribution is -0.138. The van der Waals surface area contributed by atoms with E-state index in [1.165, 1.54) is 38.5 Å². The molecule has 0 aromatic rings. The van der Waals surface area contributed by atoms with Gasteiger partial charge in [0.2, 0.25) is 0 Å². The monoisotopic (exact) mass is 240 g/mol. The zero-order chi connectivity index (χ0) is 11.3. The van der Waals surface area contributed by atoms with Gasteiger partial charge in [-0.3, -0.25) is 4.79 Å². The van der Waals surface area contributed by atoms with Crippen LogP contribution in [-0.2, 0) is 4.79 Å². The van der Waals surface area contributed by atoms with Crippen LogP contribution in [0.5, 0.6) is 0 Å². The number of hydrogen-bond acceptors (Lipinski definition) is 2. The molecule has 0 spiro atoms. The molecule has 4 bridgehead atoms. The van der Waals surface area contributed by atoms with Crippen LogP contribution in [0.2, 0.25) is 0 Å². The van der Waals surface area contributed by atoms with Gasteiger partial charge in [0, 0.05) is 0 Å². The van der Waals surface area contributed by atoms with E-state index in [9.17, 15) is 4.79 Å². The second-order valence-corrected chi connectivity index (χ2v) is 7.10. The third-order valence-electron chi connectivity index (χ3n) is 5.08. The second kappa shape index (κ2) is 3.66. The SMILES string of the molecule is O=C(O)C(S)CC12CC3CC(CC(C3)C1)C2. The zero-order valence-corrected chi connectivity index (χ0v) is 10.5. The van der Waals surface area contributed by atoms with Crippen molar-refractivity contribution in [2.75, 3.05) is 0 Å². The number of carboxylic acids is 1. The summed E-state index contributed by atoms with van der Waals surface area (Å²) >= 11 is 4.24. The number of carboxylic acid groups (broad SMARTS) is 1. The number of rotatable bonds is 3. The molecule has 0 saturated heterocycles. The first-order valence-corrected chi connectivity index (χ1v) is 6.99. The second-order valence-electron chi connectivity index (χ2n) is 6.48. The van der Waals surface area contributed by atoms with Crippen molar-refractivity contribution in [1.29, 1.82) is 0 Å². The molecule has 16 heavy (non-hydrogen) atoms. The Morgan fingerprint density at radius 3 is 2.00 bits per heavy atom. The third kappa shape index (κ3) is 1.77. The Labute approximate surface area is 102 Å². The van der Waals surface area contributed by atoms with E-state index in [0.717, 1.165) is 24.2 Å². The van der Waals surface area contributed by atoms with Crippen molar-refractivity contribution in [3.63, 3.8) is 0 Å². The van der Waals surface area contributed by atoms with Crippen LogP contribution in [0.4, 0.5) is 0 Å². The molecule has 4 rings (SSSR count). The Morgan fingerprint density at radius 1 is 1.19 bits per heavy atom. The van der Waals surface area contributed by atoms with Crippen LogP contribution in [0.25, 0.3) is 0 Å². The highest BCUT2D eigenvalue weighted by atomic mass is 32.1. The zero-order valence-electron chi connectivity index (χ0n) is 9.56. The standard InChI is InChI=1S/C13H20O2S/c14-12(15)11(16)7-13-4-8-1-9(5-13)3-10(2-8)6-13/h8-11,16H,1-7H2,(H,14,15). The van der Waals surface area contributed by atoms with Gasteiger partial charge < -0.3 is 5.11 Å². The van der Waals surface area contributed by atoms with E-state index in [4.69, 9.17) is 5.11 Å². The lowest BCUT2D eigenvalue weighted by atomic mass is 9.48. The van der Waals surface area contributed by atoms with Crippen molar-refractivity contribution in [2.24, 2.45) is 23.2 Å². The molecule has 4 aliphatic carbocycles. The summed E-state index contributed by atoms with van der Waals surface area (Å²) in [7, 11) is 0. The normalized spacial score (nSPS) is 46.9. The largest absolute Gasteiger partial charge is 0.480 e. The Balaban J connectivity index is 1.76. The van der Waals surface area contributed by atoms with Crippen molar-refractivity contribution in [1.82, 2.24) is 0 Å². The highest BCUT2D eigenvalue weighted by Gasteiger charge is 2.51. The molecule has 4 fully saturated rings. The summed E-state index contributed by atoms with van der Waals surface area (Å²) in [5.41, 5.74) is 0.347. The molecule has 0 aromatic heterocycles. The van der Waals surface area contributed by atoms with Crippen LogP contribution in [0.15, 0.2) is 0 Å². The summed E-state index contributed by atoms with van der Waals surface area (Å²) in [6.45, 7) is 0. The van der Waals surface area contributed by atoms with Gasteiger partial charge in [0.25, 0.3) is 0 Å². The van der Waals surface area contributed by atoms with E-state index in [-0.39, 0.29) is 0 Å². The Hall–Kier alpha value is -0.180. The van der Waals surface area contributed by atoms with E-state index in [1.807, 2.05) is 0 Å². The molecule has 1 unspecified atom stereocenters. The first-order valence-electron chi connectivity index (χ1n) is 6.47. The predicted octanol–water partition coefficient (Wildman–Crippen LogP) is 2.98. The summed E-state index contributed by atoms with van der Waals surface area (Å²) in [4.78, 5) is 10.9. The van der Waals surface area contributed by atoms with E-state index in [0.29, 0.717) is 5.41 Å². The van der Waals surface area contributed by atoms with Gasteiger partial charge in [-0.25, -0.2) is 0 Å². The van der Waals surface area contributed by atoms with Gasteiger partial charge >= 0.3 is 5.97 Å². The molecule has 3 heteroatoms. The minimum Gasteiger partial charge on any atom is -0.480 e. The van der Waals surface area contributed by atoms with E-state index in [2.05, 4.69) is 12.6 Å². The maximum Gasteiger partial charge on any atom is 0.316 e. The van der Waals surface area contributed by atoms with Crippen LogP contribution in [0.3, 0.4) is 0 Å². The van der Waals surface area contributed by atoms with Crippen molar-refractivity contribution >= 4 is 18.6 Å². The van der Waals surface area contributed by atoms with Crippen LogP contribution in [0.1, 0.15) is 44.9 Å². The molecule has 0 heterocycles. The lowest BCUT2D eigenvalue weighted by Crippen LogP contribution is -2.47. The highest BCUT2D eigenvalue weighted by molar-refractivity contribution is 7.81. The molecule has 1 N–H and O–H groups in total. The Morgan fingerprint density at radius 2 is 1.62 bits per heavy atom. The molecule has 0 radical (unpaired) electrons. The van der Waals surface area contributed by atoms with Crippen LogP contribution >= 0.6 is 12.6 Å². The van der Waals surface area contributed by atoms with Gasteiger partial charge in [0.05, 0.1) is 5.25 Å². The smallest absolute Gasteiger partial charge is 0.316 e. The number of hydrogen-bond donors (Lipinski definition) is 2.